The van der Waals surface area contributed by atoms with Gasteiger partial charge < -0.3 is 10.2 Å². The third-order valence-electron chi connectivity index (χ3n) is 4.50. The highest BCUT2D eigenvalue weighted by Gasteiger charge is 2.32. The average Bonchev–Trinajstić information content (AvgIpc) is 3.22. The summed E-state index contributed by atoms with van der Waals surface area (Å²) in [5, 5.41) is 8.25. The molecule has 1 aliphatic heterocycles. The number of nitrogens with zero attached hydrogens (tertiary/aromatic N) is 4. The molecule has 0 spiro atoms. The molecule has 3 rings (SSSR count). The van der Waals surface area contributed by atoms with Gasteiger partial charge in [-0.15, -0.1) is 17.5 Å². The van der Waals surface area contributed by atoms with E-state index in [4.69, 9.17) is 11.6 Å². The Hall–Kier alpha value is -1.63. The van der Waals surface area contributed by atoms with Crippen molar-refractivity contribution in [2.45, 2.75) is 38.6 Å². The van der Waals surface area contributed by atoms with Crippen molar-refractivity contribution in [3.05, 3.63) is 40.9 Å². The number of rotatable bonds is 5. The molecule has 2 aromatic rings. The highest BCUT2D eigenvalue weighted by Crippen LogP contribution is 2.25. The molecule has 142 valence electrons. The van der Waals surface area contributed by atoms with Gasteiger partial charge in [0.15, 0.2) is 0 Å². The minimum Gasteiger partial charge on any atom is -0.332 e. The smallest absolute Gasteiger partial charge is 0.293 e. The van der Waals surface area contributed by atoms with E-state index in [-0.39, 0.29) is 36.1 Å². The summed E-state index contributed by atoms with van der Waals surface area (Å²) in [6.45, 7) is 5.60. The number of halogens is 2. The van der Waals surface area contributed by atoms with E-state index >= 15 is 0 Å². The van der Waals surface area contributed by atoms with Crippen molar-refractivity contribution >= 4 is 29.9 Å². The minimum absolute atomic E-state index is 0. The van der Waals surface area contributed by atoms with E-state index < -0.39 is 0 Å². The van der Waals surface area contributed by atoms with Gasteiger partial charge in [0.2, 0.25) is 5.82 Å². The lowest BCUT2D eigenvalue weighted by molar-refractivity contribution is 0.0724. The first-order chi connectivity index (χ1) is 12.0. The highest BCUT2D eigenvalue weighted by atomic mass is 35.5. The summed E-state index contributed by atoms with van der Waals surface area (Å²) >= 11 is 6.32. The van der Waals surface area contributed by atoms with Gasteiger partial charge in [-0.3, -0.25) is 4.79 Å². The Kier molecular flexibility index (Phi) is 7.03. The number of likely N-dealkylation sites (tertiary alicyclic amines) is 1. The lowest BCUT2D eigenvalue weighted by Crippen LogP contribution is -2.41. The lowest BCUT2D eigenvalue weighted by atomic mass is 10.2. The van der Waals surface area contributed by atoms with Crippen molar-refractivity contribution in [1.82, 2.24) is 25.0 Å². The van der Waals surface area contributed by atoms with Gasteiger partial charge in [-0.05, 0) is 32.0 Å². The monoisotopic (exact) mass is 397 g/mol. The number of benzene rings is 1. The minimum atomic E-state index is -0.106. The molecule has 1 aromatic heterocycles. The van der Waals surface area contributed by atoms with Crippen molar-refractivity contribution in [3.63, 3.8) is 0 Å². The largest absolute Gasteiger partial charge is 0.332 e. The van der Waals surface area contributed by atoms with Crippen LogP contribution in [0.2, 0.25) is 5.02 Å². The number of hydrogen-bond donors (Lipinski definition) is 1. The van der Waals surface area contributed by atoms with Crippen LogP contribution in [0.5, 0.6) is 0 Å². The molecule has 1 aliphatic rings. The second-order valence-corrected chi connectivity index (χ2v) is 7.07. The number of amides is 1. The first-order valence-electron chi connectivity index (χ1n) is 8.70. The van der Waals surface area contributed by atoms with Gasteiger partial charge in [0.05, 0.1) is 10.7 Å². The van der Waals surface area contributed by atoms with Gasteiger partial charge in [-0.25, -0.2) is 9.67 Å². The molecule has 0 aliphatic carbocycles. The van der Waals surface area contributed by atoms with Crippen molar-refractivity contribution < 1.29 is 4.79 Å². The zero-order chi connectivity index (χ0) is 18.0. The first kappa shape index (κ1) is 20.7. The number of carbonyl (C=O) groups excluding carboxylic acids is 1. The maximum Gasteiger partial charge on any atom is 0.293 e. The lowest BCUT2D eigenvalue weighted by Gasteiger charge is -2.23. The van der Waals surface area contributed by atoms with E-state index in [0.29, 0.717) is 5.02 Å². The number of aromatic nitrogens is 3. The SMILES string of the molecule is CNCC1CCCN1C(=O)c1nc(C(C)C)n(-c2ccccc2Cl)n1.Cl. The van der Waals surface area contributed by atoms with E-state index in [0.717, 1.165) is 37.4 Å². The standard InChI is InChI=1S/C18H24ClN5O.ClH/c1-12(2)17-21-16(18(25)23-10-6-7-13(23)11-20-3)22-24(17)15-9-5-4-8-14(15)19;/h4-5,8-9,12-13,20H,6-7,10-11H2,1-3H3;1H. The van der Waals surface area contributed by atoms with E-state index in [1.807, 2.05) is 50.1 Å². The van der Waals surface area contributed by atoms with Gasteiger partial charge in [-0.2, -0.15) is 0 Å². The molecule has 8 heteroatoms. The molecule has 2 heterocycles. The fourth-order valence-corrected chi connectivity index (χ4v) is 3.48. The Morgan fingerprint density at radius 2 is 2.12 bits per heavy atom. The van der Waals surface area contributed by atoms with Crippen molar-refractivity contribution in [2.24, 2.45) is 0 Å². The van der Waals surface area contributed by atoms with Crippen molar-refractivity contribution in [3.8, 4) is 5.69 Å². The first-order valence-corrected chi connectivity index (χ1v) is 9.08. The fourth-order valence-electron chi connectivity index (χ4n) is 3.27. The second kappa shape index (κ2) is 8.84. The number of carbonyl (C=O) groups is 1. The normalized spacial score (nSPS) is 16.8. The maximum atomic E-state index is 13.0. The predicted octanol–water partition coefficient (Wildman–Crippen LogP) is 3.29. The molecule has 1 amide bonds. The number of likely N-dealkylation sites (N-methyl/N-ethyl adjacent to an activating group) is 1. The van der Waals surface area contributed by atoms with Gasteiger partial charge in [0.25, 0.3) is 5.91 Å². The molecule has 1 atom stereocenters. The third-order valence-corrected chi connectivity index (χ3v) is 4.82. The van der Waals surface area contributed by atoms with Gasteiger partial charge in [0, 0.05) is 25.0 Å². The molecule has 1 saturated heterocycles. The van der Waals surface area contributed by atoms with Crippen LogP contribution < -0.4 is 5.32 Å². The summed E-state index contributed by atoms with van der Waals surface area (Å²) in [7, 11) is 1.90. The predicted molar refractivity (Wildman–Crippen MR) is 106 cm³/mol. The van der Waals surface area contributed by atoms with E-state index in [1.165, 1.54) is 0 Å². The topological polar surface area (TPSA) is 63.1 Å². The van der Waals surface area contributed by atoms with E-state index in [9.17, 15) is 4.79 Å². The van der Waals surface area contributed by atoms with Crippen LogP contribution in [0, 0.1) is 0 Å². The number of nitrogens with one attached hydrogen (secondary N) is 1. The van der Waals surface area contributed by atoms with Crippen LogP contribution >= 0.6 is 24.0 Å². The molecule has 0 radical (unpaired) electrons. The van der Waals surface area contributed by atoms with Crippen LogP contribution in [0.1, 0.15) is 49.1 Å². The Morgan fingerprint density at radius 1 is 1.38 bits per heavy atom. The fraction of sp³-hybridized carbons (Fsp3) is 0.500. The Balaban J connectivity index is 0.00000243. The summed E-state index contributed by atoms with van der Waals surface area (Å²) in [5.41, 5.74) is 0.743. The second-order valence-electron chi connectivity index (χ2n) is 6.66. The molecule has 26 heavy (non-hydrogen) atoms. The molecular formula is C18H25Cl2N5O. The van der Waals surface area contributed by atoms with Gasteiger partial charge >= 0.3 is 0 Å². The van der Waals surface area contributed by atoms with Crippen LogP contribution in [0.15, 0.2) is 24.3 Å². The maximum absolute atomic E-state index is 13.0. The molecule has 0 bridgehead atoms. The van der Waals surface area contributed by atoms with Gasteiger partial charge in [-0.1, -0.05) is 37.6 Å². The molecule has 1 unspecified atom stereocenters. The van der Waals surface area contributed by atoms with E-state index in [2.05, 4.69) is 15.4 Å². The highest BCUT2D eigenvalue weighted by molar-refractivity contribution is 6.32. The summed E-state index contributed by atoms with van der Waals surface area (Å²) in [5.74, 6) is 0.995. The van der Waals surface area contributed by atoms with Crippen LogP contribution in [-0.2, 0) is 0 Å². The van der Waals surface area contributed by atoms with Crippen molar-refractivity contribution in [1.29, 1.82) is 0 Å². The molecule has 1 N–H and O–H groups in total. The molecule has 1 fully saturated rings. The number of para-hydroxylation sites is 1. The Labute approximate surface area is 165 Å². The summed E-state index contributed by atoms with van der Waals surface area (Å²) in [6.07, 6.45) is 2.02. The van der Waals surface area contributed by atoms with Crippen LogP contribution in [0.3, 0.4) is 0 Å². The molecular weight excluding hydrogens is 373 g/mol. The van der Waals surface area contributed by atoms with Gasteiger partial charge in [0.1, 0.15) is 5.82 Å². The summed E-state index contributed by atoms with van der Waals surface area (Å²) in [4.78, 5) is 19.4. The third kappa shape index (κ3) is 4.03. The summed E-state index contributed by atoms with van der Waals surface area (Å²) in [6, 6.07) is 7.67. The number of hydrogen-bond acceptors (Lipinski definition) is 4. The summed E-state index contributed by atoms with van der Waals surface area (Å²) < 4.78 is 1.70. The zero-order valence-corrected chi connectivity index (χ0v) is 16.8. The van der Waals surface area contributed by atoms with E-state index in [1.54, 1.807) is 4.68 Å². The van der Waals surface area contributed by atoms with Crippen molar-refractivity contribution in [2.75, 3.05) is 20.1 Å². The Morgan fingerprint density at radius 3 is 2.77 bits per heavy atom. The molecule has 0 saturated carbocycles. The van der Waals surface area contributed by atoms with Crippen LogP contribution in [-0.4, -0.2) is 51.8 Å². The van der Waals surface area contributed by atoms with Crippen LogP contribution in [0.25, 0.3) is 5.69 Å². The molecule has 6 nitrogen and oxygen atoms in total. The molecule has 1 aromatic carbocycles. The van der Waals surface area contributed by atoms with Crippen LogP contribution in [0.4, 0.5) is 0 Å². The zero-order valence-electron chi connectivity index (χ0n) is 15.3. The average molecular weight is 398 g/mol. The quantitative estimate of drug-likeness (QED) is 0.840. The Bertz CT molecular complexity index is 762.